The number of fused-ring (bicyclic) bond motifs is 1. The molecule has 0 aliphatic heterocycles. The van der Waals surface area contributed by atoms with E-state index in [1.807, 2.05) is 67.6 Å². The smallest absolute Gasteiger partial charge is 0.262 e. The molecule has 0 radical (unpaired) electrons. The Labute approximate surface area is 169 Å². The van der Waals surface area contributed by atoms with Crippen molar-refractivity contribution in [2.45, 2.75) is 20.3 Å². The van der Waals surface area contributed by atoms with E-state index in [0.29, 0.717) is 17.0 Å². The number of hydrogen-bond acceptors (Lipinski definition) is 4. The van der Waals surface area contributed by atoms with E-state index in [-0.39, 0.29) is 12.5 Å². The predicted molar refractivity (Wildman–Crippen MR) is 114 cm³/mol. The minimum atomic E-state index is -0.227. The van der Waals surface area contributed by atoms with Gasteiger partial charge in [0.05, 0.1) is 5.69 Å². The lowest BCUT2D eigenvalue weighted by atomic mass is 10.2. The fraction of sp³-hybridized carbons (Fsp3) is 0.174. The van der Waals surface area contributed by atoms with Crippen LogP contribution in [-0.4, -0.2) is 27.5 Å². The number of amides is 1. The molecule has 6 nitrogen and oxygen atoms in total. The molecule has 0 bridgehead atoms. The van der Waals surface area contributed by atoms with Crippen molar-refractivity contribution >= 4 is 22.6 Å². The molecule has 0 fully saturated rings. The molecule has 0 spiro atoms. The third-order valence-electron chi connectivity index (χ3n) is 4.63. The lowest BCUT2D eigenvalue weighted by Gasteiger charge is -2.08. The summed E-state index contributed by atoms with van der Waals surface area (Å²) in [5.41, 5.74) is 5.42. The van der Waals surface area contributed by atoms with Gasteiger partial charge in [-0.15, -0.1) is 10.2 Å². The maximum Gasteiger partial charge on any atom is 0.262 e. The Morgan fingerprint density at radius 3 is 2.41 bits per heavy atom. The molecular formula is C23H22N4O2. The van der Waals surface area contributed by atoms with Gasteiger partial charge in [-0.1, -0.05) is 36.8 Å². The zero-order chi connectivity index (χ0) is 20.2. The van der Waals surface area contributed by atoms with Crippen molar-refractivity contribution in [1.29, 1.82) is 0 Å². The molecule has 4 aromatic rings. The first-order valence-electron chi connectivity index (χ1n) is 9.56. The molecule has 3 aromatic carbocycles. The quantitative estimate of drug-likeness (QED) is 0.536. The minimum absolute atomic E-state index is 0.0560. The van der Waals surface area contributed by atoms with Crippen LogP contribution in [0, 0.1) is 6.92 Å². The molecule has 0 atom stereocenters. The molecule has 29 heavy (non-hydrogen) atoms. The molecular weight excluding hydrogens is 364 g/mol. The number of nitrogens with zero attached hydrogens (tertiary/aromatic N) is 3. The number of anilines is 1. The summed E-state index contributed by atoms with van der Waals surface area (Å²) in [6.07, 6.45) is 0.970. The van der Waals surface area contributed by atoms with E-state index in [2.05, 4.69) is 22.4 Å². The highest BCUT2D eigenvalue weighted by atomic mass is 16.5. The van der Waals surface area contributed by atoms with Crippen LogP contribution in [0.4, 0.5) is 5.69 Å². The van der Waals surface area contributed by atoms with E-state index in [4.69, 9.17) is 4.74 Å². The highest BCUT2D eigenvalue weighted by Crippen LogP contribution is 2.18. The molecule has 6 heteroatoms. The fourth-order valence-corrected chi connectivity index (χ4v) is 2.95. The second kappa shape index (κ2) is 8.14. The summed E-state index contributed by atoms with van der Waals surface area (Å²) in [5, 5.41) is 11.8. The number of aryl methyl sites for hydroxylation is 2. The first kappa shape index (κ1) is 18.7. The molecule has 1 aromatic heterocycles. The molecule has 0 saturated heterocycles. The second-order valence-electron chi connectivity index (χ2n) is 6.86. The van der Waals surface area contributed by atoms with Crippen molar-refractivity contribution in [3.8, 4) is 11.4 Å². The summed E-state index contributed by atoms with van der Waals surface area (Å²) in [5.74, 6) is 0.448. The highest BCUT2D eigenvalue weighted by molar-refractivity contribution is 5.93. The number of carbonyl (C=O) groups excluding carboxylic acids is 1. The van der Waals surface area contributed by atoms with Crippen LogP contribution >= 0.6 is 0 Å². The maximum absolute atomic E-state index is 12.2. The average molecular weight is 386 g/mol. The molecule has 1 N–H and O–H groups in total. The number of aromatic nitrogens is 3. The number of hydrogen-bond donors (Lipinski definition) is 1. The van der Waals surface area contributed by atoms with Gasteiger partial charge in [0.15, 0.2) is 6.61 Å². The van der Waals surface area contributed by atoms with Gasteiger partial charge in [0.25, 0.3) is 5.91 Å². The lowest BCUT2D eigenvalue weighted by molar-refractivity contribution is -0.118. The van der Waals surface area contributed by atoms with Crippen LogP contribution in [0.1, 0.15) is 18.1 Å². The average Bonchev–Trinajstić information content (AvgIpc) is 3.16. The summed E-state index contributed by atoms with van der Waals surface area (Å²) in [7, 11) is 0. The van der Waals surface area contributed by atoms with Crippen LogP contribution < -0.4 is 10.1 Å². The van der Waals surface area contributed by atoms with Crippen LogP contribution in [0.2, 0.25) is 0 Å². The summed E-state index contributed by atoms with van der Waals surface area (Å²) >= 11 is 0. The van der Waals surface area contributed by atoms with Crippen molar-refractivity contribution in [3.63, 3.8) is 0 Å². The van der Waals surface area contributed by atoms with Gasteiger partial charge in [-0.2, -0.15) is 4.80 Å². The van der Waals surface area contributed by atoms with Gasteiger partial charge in [0.1, 0.15) is 16.8 Å². The Kier molecular flexibility index (Phi) is 5.24. The van der Waals surface area contributed by atoms with E-state index in [1.165, 1.54) is 11.1 Å². The van der Waals surface area contributed by atoms with Crippen molar-refractivity contribution < 1.29 is 9.53 Å². The van der Waals surface area contributed by atoms with Crippen molar-refractivity contribution in [2.75, 3.05) is 11.9 Å². The van der Waals surface area contributed by atoms with Gasteiger partial charge in [-0.3, -0.25) is 4.79 Å². The standard InChI is InChI=1S/C23H22N4O2/c1-3-17-6-11-20(12-7-17)29-15-23(28)24-18-8-13-21-22(14-18)26-27(25-21)19-9-4-16(2)5-10-19/h4-14H,3,15H2,1-2H3,(H,24,28). The summed E-state index contributed by atoms with van der Waals surface area (Å²) in [4.78, 5) is 13.8. The Balaban J connectivity index is 1.42. The fourth-order valence-electron chi connectivity index (χ4n) is 2.95. The predicted octanol–water partition coefficient (Wildman–Crippen LogP) is 4.31. The first-order chi connectivity index (χ1) is 14.1. The third-order valence-corrected chi connectivity index (χ3v) is 4.63. The van der Waals surface area contributed by atoms with Gasteiger partial charge in [0, 0.05) is 5.69 Å². The van der Waals surface area contributed by atoms with Crippen molar-refractivity contribution in [1.82, 2.24) is 15.0 Å². The number of ether oxygens (including phenoxy) is 1. The normalized spacial score (nSPS) is 10.8. The first-order valence-corrected chi connectivity index (χ1v) is 9.56. The topological polar surface area (TPSA) is 69.0 Å². The minimum Gasteiger partial charge on any atom is -0.484 e. The third kappa shape index (κ3) is 4.43. The van der Waals surface area contributed by atoms with E-state index in [9.17, 15) is 4.79 Å². The largest absolute Gasteiger partial charge is 0.484 e. The van der Waals surface area contributed by atoms with Gasteiger partial charge in [0.2, 0.25) is 0 Å². The van der Waals surface area contributed by atoms with E-state index in [0.717, 1.165) is 17.6 Å². The molecule has 146 valence electrons. The number of nitrogens with one attached hydrogen (secondary N) is 1. The van der Waals surface area contributed by atoms with E-state index < -0.39 is 0 Å². The highest BCUT2D eigenvalue weighted by Gasteiger charge is 2.08. The Morgan fingerprint density at radius 1 is 0.966 bits per heavy atom. The molecule has 1 heterocycles. The summed E-state index contributed by atoms with van der Waals surface area (Å²) in [6, 6.07) is 21.2. The number of benzene rings is 3. The van der Waals surface area contributed by atoms with Crippen molar-refractivity contribution in [3.05, 3.63) is 77.9 Å². The van der Waals surface area contributed by atoms with Gasteiger partial charge in [-0.25, -0.2) is 0 Å². The zero-order valence-electron chi connectivity index (χ0n) is 16.4. The van der Waals surface area contributed by atoms with E-state index >= 15 is 0 Å². The maximum atomic E-state index is 12.2. The molecule has 0 saturated carbocycles. The molecule has 1 amide bonds. The molecule has 4 rings (SSSR count). The van der Waals surface area contributed by atoms with Crippen LogP contribution in [0.5, 0.6) is 5.75 Å². The van der Waals surface area contributed by atoms with Crippen LogP contribution in [-0.2, 0) is 11.2 Å². The van der Waals surface area contributed by atoms with Gasteiger partial charge < -0.3 is 10.1 Å². The van der Waals surface area contributed by atoms with Crippen LogP contribution in [0.3, 0.4) is 0 Å². The molecule has 0 unspecified atom stereocenters. The summed E-state index contributed by atoms with van der Waals surface area (Å²) in [6.45, 7) is 4.08. The SMILES string of the molecule is CCc1ccc(OCC(=O)Nc2ccc3nn(-c4ccc(C)cc4)nc3c2)cc1. The Morgan fingerprint density at radius 2 is 1.69 bits per heavy atom. The zero-order valence-corrected chi connectivity index (χ0v) is 16.4. The molecule has 0 aliphatic carbocycles. The van der Waals surface area contributed by atoms with Gasteiger partial charge >= 0.3 is 0 Å². The number of carbonyl (C=O) groups is 1. The van der Waals surface area contributed by atoms with Gasteiger partial charge in [-0.05, 0) is 61.4 Å². The van der Waals surface area contributed by atoms with Crippen LogP contribution in [0.15, 0.2) is 66.7 Å². The second-order valence-corrected chi connectivity index (χ2v) is 6.86. The monoisotopic (exact) mass is 386 g/mol. The Bertz CT molecular complexity index is 1130. The molecule has 0 aliphatic rings. The Hall–Kier alpha value is -3.67. The van der Waals surface area contributed by atoms with Crippen LogP contribution in [0.25, 0.3) is 16.7 Å². The van der Waals surface area contributed by atoms with Crippen molar-refractivity contribution in [2.24, 2.45) is 0 Å². The lowest BCUT2D eigenvalue weighted by Crippen LogP contribution is -2.20. The van der Waals surface area contributed by atoms with E-state index in [1.54, 1.807) is 10.9 Å². The summed E-state index contributed by atoms with van der Waals surface area (Å²) < 4.78 is 5.55. The number of rotatable bonds is 6.